The third kappa shape index (κ3) is 3.32. The van der Waals surface area contributed by atoms with E-state index in [1.54, 1.807) is 30.5 Å². The summed E-state index contributed by atoms with van der Waals surface area (Å²) in [5.74, 6) is 0.803. The summed E-state index contributed by atoms with van der Waals surface area (Å²) in [4.78, 5) is 16.3. The highest BCUT2D eigenvalue weighted by Crippen LogP contribution is 2.22. The first-order valence-corrected chi connectivity index (χ1v) is 6.65. The fourth-order valence-electron chi connectivity index (χ4n) is 1.59. The Morgan fingerprint density at radius 2 is 2.11 bits per heavy atom. The first kappa shape index (κ1) is 13.5. The highest BCUT2D eigenvalue weighted by atomic mass is 79.9. The van der Waals surface area contributed by atoms with E-state index in [-0.39, 0.29) is 5.91 Å². The number of halogens is 1. The molecule has 1 N–H and O–H groups in total. The summed E-state index contributed by atoms with van der Waals surface area (Å²) in [7, 11) is 0. The number of pyridine rings is 1. The maximum absolute atomic E-state index is 12.2. The van der Waals surface area contributed by atoms with E-state index in [0.29, 0.717) is 23.7 Å². The summed E-state index contributed by atoms with van der Waals surface area (Å²) < 4.78 is 6.17. The highest BCUT2D eigenvalue weighted by molar-refractivity contribution is 9.10. The van der Waals surface area contributed by atoms with Crippen molar-refractivity contribution in [3.8, 4) is 5.75 Å². The van der Waals surface area contributed by atoms with Gasteiger partial charge in [-0.25, -0.2) is 4.98 Å². The topological polar surface area (TPSA) is 51.2 Å². The van der Waals surface area contributed by atoms with Crippen LogP contribution < -0.4 is 10.1 Å². The molecule has 0 radical (unpaired) electrons. The van der Waals surface area contributed by atoms with Crippen LogP contribution in [0.5, 0.6) is 5.75 Å². The molecule has 98 valence electrons. The van der Waals surface area contributed by atoms with Crippen molar-refractivity contribution < 1.29 is 9.53 Å². The zero-order valence-electron chi connectivity index (χ0n) is 10.4. The highest BCUT2D eigenvalue weighted by Gasteiger charge is 2.13. The smallest absolute Gasteiger partial charge is 0.260 e. The largest absolute Gasteiger partial charge is 0.493 e. The molecule has 1 amide bonds. The summed E-state index contributed by atoms with van der Waals surface area (Å²) in [5.41, 5.74) is 0.488. The van der Waals surface area contributed by atoms with Gasteiger partial charge in [0.25, 0.3) is 5.91 Å². The minimum atomic E-state index is -0.247. The van der Waals surface area contributed by atoms with Gasteiger partial charge in [-0.15, -0.1) is 0 Å². The van der Waals surface area contributed by atoms with E-state index in [1.807, 2.05) is 19.1 Å². The van der Waals surface area contributed by atoms with Gasteiger partial charge in [0.15, 0.2) is 0 Å². The van der Waals surface area contributed by atoms with Crippen LogP contribution in [0.25, 0.3) is 0 Å². The molecule has 2 rings (SSSR count). The van der Waals surface area contributed by atoms with E-state index in [4.69, 9.17) is 4.74 Å². The molecule has 1 aromatic carbocycles. The van der Waals surface area contributed by atoms with E-state index in [2.05, 4.69) is 26.2 Å². The van der Waals surface area contributed by atoms with Crippen LogP contribution in [0.2, 0.25) is 0 Å². The molecule has 0 aliphatic heterocycles. The van der Waals surface area contributed by atoms with E-state index in [0.717, 1.165) is 4.47 Å². The van der Waals surface area contributed by atoms with Gasteiger partial charge in [0, 0.05) is 6.20 Å². The lowest BCUT2D eigenvalue weighted by atomic mass is 10.2. The van der Waals surface area contributed by atoms with Gasteiger partial charge in [-0.05, 0) is 47.1 Å². The average Bonchev–Trinajstić information content (AvgIpc) is 2.42. The number of hydrogen-bond donors (Lipinski definition) is 1. The van der Waals surface area contributed by atoms with Crippen molar-refractivity contribution >= 4 is 27.7 Å². The molecule has 0 aliphatic carbocycles. The van der Waals surface area contributed by atoms with Crippen LogP contribution in [0.3, 0.4) is 0 Å². The quantitative estimate of drug-likeness (QED) is 0.938. The Kier molecular flexibility index (Phi) is 4.52. The van der Waals surface area contributed by atoms with Crippen molar-refractivity contribution in [2.45, 2.75) is 6.92 Å². The van der Waals surface area contributed by atoms with Gasteiger partial charge in [0.1, 0.15) is 11.6 Å². The molecule has 0 bridgehead atoms. The lowest BCUT2D eigenvalue weighted by Crippen LogP contribution is -2.14. The molecule has 19 heavy (non-hydrogen) atoms. The molecule has 0 unspecified atom stereocenters. The third-order valence-electron chi connectivity index (χ3n) is 2.42. The van der Waals surface area contributed by atoms with Crippen molar-refractivity contribution in [2.24, 2.45) is 0 Å². The molecule has 0 saturated heterocycles. The molecule has 1 heterocycles. The molecule has 5 heteroatoms. The SMILES string of the molecule is CCOc1ccccc1C(=O)Nc1ncccc1Br. The zero-order chi connectivity index (χ0) is 13.7. The van der Waals surface area contributed by atoms with Gasteiger partial charge >= 0.3 is 0 Å². The number of carbonyl (C=O) groups excluding carboxylic acids is 1. The van der Waals surface area contributed by atoms with E-state index in [1.165, 1.54) is 0 Å². The van der Waals surface area contributed by atoms with Crippen LogP contribution in [0, 0.1) is 0 Å². The van der Waals surface area contributed by atoms with Crippen LogP contribution in [0.4, 0.5) is 5.82 Å². The number of carbonyl (C=O) groups is 1. The van der Waals surface area contributed by atoms with Crippen LogP contribution in [-0.4, -0.2) is 17.5 Å². The number of nitrogens with zero attached hydrogens (tertiary/aromatic N) is 1. The molecule has 0 fully saturated rings. The molecule has 0 atom stereocenters. The summed E-state index contributed by atoms with van der Waals surface area (Å²) in [6.07, 6.45) is 1.62. The second kappa shape index (κ2) is 6.33. The number of anilines is 1. The number of para-hydroxylation sites is 1. The van der Waals surface area contributed by atoms with Crippen LogP contribution in [-0.2, 0) is 0 Å². The average molecular weight is 321 g/mol. The molecule has 0 saturated carbocycles. The van der Waals surface area contributed by atoms with Crippen molar-refractivity contribution in [1.29, 1.82) is 0 Å². The van der Waals surface area contributed by atoms with Crippen molar-refractivity contribution in [1.82, 2.24) is 4.98 Å². The molecule has 4 nitrogen and oxygen atoms in total. The fraction of sp³-hybridized carbons (Fsp3) is 0.143. The molecule has 1 aromatic heterocycles. The Morgan fingerprint density at radius 1 is 1.32 bits per heavy atom. The lowest BCUT2D eigenvalue weighted by molar-refractivity contribution is 0.102. The maximum atomic E-state index is 12.2. The van der Waals surface area contributed by atoms with E-state index < -0.39 is 0 Å². The monoisotopic (exact) mass is 320 g/mol. The second-order valence-corrected chi connectivity index (χ2v) is 4.57. The first-order chi connectivity index (χ1) is 9.22. The molecule has 0 spiro atoms. The molecular weight excluding hydrogens is 308 g/mol. The number of hydrogen-bond acceptors (Lipinski definition) is 3. The summed E-state index contributed by atoms with van der Waals surface area (Å²) in [5, 5.41) is 2.75. The number of ether oxygens (including phenoxy) is 1. The van der Waals surface area contributed by atoms with Gasteiger partial charge in [-0.2, -0.15) is 0 Å². The van der Waals surface area contributed by atoms with E-state index >= 15 is 0 Å². The number of benzene rings is 1. The third-order valence-corrected chi connectivity index (χ3v) is 3.06. The number of aromatic nitrogens is 1. The second-order valence-electron chi connectivity index (χ2n) is 3.72. The Morgan fingerprint density at radius 3 is 2.84 bits per heavy atom. The predicted molar refractivity (Wildman–Crippen MR) is 77.5 cm³/mol. The predicted octanol–water partition coefficient (Wildman–Crippen LogP) is 3.50. The fourth-order valence-corrected chi connectivity index (χ4v) is 1.94. The normalized spacial score (nSPS) is 10.0. The van der Waals surface area contributed by atoms with Crippen LogP contribution in [0.15, 0.2) is 47.1 Å². The summed E-state index contributed by atoms with van der Waals surface area (Å²) >= 11 is 3.34. The minimum Gasteiger partial charge on any atom is -0.493 e. The zero-order valence-corrected chi connectivity index (χ0v) is 12.0. The summed E-state index contributed by atoms with van der Waals surface area (Å²) in [6.45, 7) is 2.39. The Bertz CT molecular complexity index is 587. The number of amides is 1. The van der Waals surface area contributed by atoms with Crippen LogP contribution in [0.1, 0.15) is 17.3 Å². The first-order valence-electron chi connectivity index (χ1n) is 5.86. The number of nitrogens with one attached hydrogen (secondary N) is 1. The van der Waals surface area contributed by atoms with E-state index in [9.17, 15) is 4.79 Å². The Balaban J connectivity index is 2.23. The van der Waals surface area contributed by atoms with Crippen molar-refractivity contribution in [3.63, 3.8) is 0 Å². The van der Waals surface area contributed by atoms with Crippen LogP contribution >= 0.6 is 15.9 Å². The maximum Gasteiger partial charge on any atom is 0.260 e. The lowest BCUT2D eigenvalue weighted by Gasteiger charge is -2.10. The molecule has 0 aliphatic rings. The van der Waals surface area contributed by atoms with Gasteiger partial charge in [0.05, 0.1) is 16.6 Å². The standard InChI is InChI=1S/C14H13BrN2O2/c1-2-19-12-8-4-3-6-10(12)14(18)17-13-11(15)7-5-9-16-13/h3-9H,2H2,1H3,(H,16,17,18). The Labute approximate surface area is 119 Å². The van der Waals surface area contributed by atoms with Gasteiger partial charge in [-0.3, -0.25) is 4.79 Å². The van der Waals surface area contributed by atoms with Crippen molar-refractivity contribution in [3.05, 3.63) is 52.6 Å². The number of rotatable bonds is 4. The van der Waals surface area contributed by atoms with Gasteiger partial charge in [0.2, 0.25) is 0 Å². The Hall–Kier alpha value is -1.88. The molecule has 2 aromatic rings. The minimum absolute atomic E-state index is 0.247. The molecular formula is C14H13BrN2O2. The van der Waals surface area contributed by atoms with Gasteiger partial charge in [-0.1, -0.05) is 12.1 Å². The summed E-state index contributed by atoms with van der Waals surface area (Å²) in [6, 6.07) is 10.7. The van der Waals surface area contributed by atoms with Gasteiger partial charge < -0.3 is 10.1 Å². The van der Waals surface area contributed by atoms with Crippen molar-refractivity contribution in [2.75, 3.05) is 11.9 Å².